The fraction of sp³-hybridized carbons (Fsp3) is 0.941. The van der Waals surface area contributed by atoms with Crippen LogP contribution < -0.4 is 0 Å². The smallest absolute Gasteiger partial charge is 0.222 e. The maximum Gasteiger partial charge on any atom is 0.222 e. The van der Waals surface area contributed by atoms with Crippen LogP contribution in [0.1, 0.15) is 51.4 Å². The molecule has 0 aromatic heterocycles. The van der Waals surface area contributed by atoms with Crippen molar-refractivity contribution in [2.24, 2.45) is 17.8 Å². The Morgan fingerprint density at radius 2 is 1.75 bits per heavy atom. The molecule has 0 aromatic carbocycles. The second-order valence-corrected chi connectivity index (χ2v) is 7.64. The van der Waals surface area contributed by atoms with Crippen LogP contribution >= 0.6 is 0 Å². The molecule has 2 aliphatic carbocycles. The summed E-state index contributed by atoms with van der Waals surface area (Å²) in [5.74, 6) is 3.05. The van der Waals surface area contributed by atoms with E-state index in [1.165, 1.54) is 58.0 Å². The van der Waals surface area contributed by atoms with Gasteiger partial charge in [-0.1, -0.05) is 6.42 Å². The van der Waals surface area contributed by atoms with Crippen LogP contribution in [0.3, 0.4) is 0 Å². The molecule has 2 aliphatic heterocycles. The van der Waals surface area contributed by atoms with E-state index in [0.29, 0.717) is 5.91 Å². The van der Waals surface area contributed by atoms with Crippen LogP contribution in [0.25, 0.3) is 0 Å². The predicted octanol–water partition coefficient (Wildman–Crippen LogP) is 2.51. The van der Waals surface area contributed by atoms with E-state index in [1.807, 2.05) is 0 Å². The minimum Gasteiger partial charge on any atom is -0.343 e. The number of rotatable bonds is 3. The molecule has 4 aliphatic rings. The first-order valence-electron chi connectivity index (χ1n) is 8.81. The zero-order chi connectivity index (χ0) is 13.5. The van der Waals surface area contributed by atoms with Crippen LogP contribution in [0.15, 0.2) is 0 Å². The summed E-state index contributed by atoms with van der Waals surface area (Å²) in [7, 11) is 0. The highest BCUT2D eigenvalue weighted by Crippen LogP contribution is 2.49. The van der Waals surface area contributed by atoms with Gasteiger partial charge >= 0.3 is 0 Å². The number of hydrogen-bond acceptors (Lipinski definition) is 2. The molecule has 0 aromatic rings. The summed E-state index contributed by atoms with van der Waals surface area (Å²) >= 11 is 0. The van der Waals surface area contributed by atoms with Crippen molar-refractivity contribution in [2.75, 3.05) is 26.2 Å². The highest BCUT2D eigenvalue weighted by atomic mass is 16.2. The summed E-state index contributed by atoms with van der Waals surface area (Å²) in [5.41, 5.74) is 0. The van der Waals surface area contributed by atoms with E-state index < -0.39 is 0 Å². The van der Waals surface area contributed by atoms with Gasteiger partial charge < -0.3 is 9.80 Å². The quantitative estimate of drug-likeness (QED) is 0.791. The molecule has 0 radical (unpaired) electrons. The van der Waals surface area contributed by atoms with Crippen LogP contribution in [0.5, 0.6) is 0 Å². The second kappa shape index (κ2) is 5.32. The molecule has 20 heavy (non-hydrogen) atoms. The highest BCUT2D eigenvalue weighted by Gasteiger charge is 2.41. The molecular weight excluding hydrogens is 248 g/mol. The Morgan fingerprint density at radius 1 is 0.950 bits per heavy atom. The van der Waals surface area contributed by atoms with E-state index in [4.69, 9.17) is 0 Å². The third kappa shape index (κ3) is 2.38. The third-order valence-corrected chi connectivity index (χ3v) is 6.55. The maximum atomic E-state index is 12.5. The summed E-state index contributed by atoms with van der Waals surface area (Å²) in [6.07, 6.45) is 10.3. The Balaban J connectivity index is 1.25. The average Bonchev–Trinajstić information content (AvgIpc) is 3.00. The zero-order valence-electron chi connectivity index (χ0n) is 12.6. The Bertz CT molecular complexity index is 371. The number of fused-ring (bicyclic) bond motifs is 2. The van der Waals surface area contributed by atoms with E-state index >= 15 is 0 Å². The summed E-state index contributed by atoms with van der Waals surface area (Å²) in [4.78, 5) is 17.3. The SMILES string of the molecule is O=C(CC1CC2CCC1C2)N1CCC(N2CCC2)CC1. The van der Waals surface area contributed by atoms with Crippen LogP contribution in [-0.4, -0.2) is 47.9 Å². The van der Waals surface area contributed by atoms with Gasteiger partial charge in [0.1, 0.15) is 0 Å². The van der Waals surface area contributed by atoms with Crippen molar-refractivity contribution in [3.63, 3.8) is 0 Å². The lowest BCUT2D eigenvalue weighted by Crippen LogP contribution is -2.51. The molecule has 2 bridgehead atoms. The highest BCUT2D eigenvalue weighted by molar-refractivity contribution is 5.76. The van der Waals surface area contributed by atoms with Crippen molar-refractivity contribution < 1.29 is 4.79 Å². The van der Waals surface area contributed by atoms with Gasteiger partial charge in [0.25, 0.3) is 0 Å². The molecule has 2 saturated carbocycles. The molecule has 4 fully saturated rings. The monoisotopic (exact) mass is 276 g/mol. The van der Waals surface area contributed by atoms with Gasteiger partial charge in [0.2, 0.25) is 5.91 Å². The number of piperidine rings is 1. The molecule has 112 valence electrons. The molecule has 2 heterocycles. The van der Waals surface area contributed by atoms with Crippen LogP contribution in [0.4, 0.5) is 0 Å². The number of amides is 1. The molecule has 0 spiro atoms. The Morgan fingerprint density at radius 3 is 2.30 bits per heavy atom. The molecule has 3 nitrogen and oxygen atoms in total. The zero-order valence-corrected chi connectivity index (χ0v) is 12.6. The van der Waals surface area contributed by atoms with Crippen molar-refractivity contribution in [2.45, 2.75) is 57.4 Å². The lowest BCUT2D eigenvalue weighted by molar-refractivity contribution is -0.134. The summed E-state index contributed by atoms with van der Waals surface area (Å²) in [6.45, 7) is 4.62. The number of carbonyl (C=O) groups excluding carboxylic acids is 1. The minimum atomic E-state index is 0.463. The molecule has 2 saturated heterocycles. The van der Waals surface area contributed by atoms with Crippen LogP contribution in [0, 0.1) is 17.8 Å². The van der Waals surface area contributed by atoms with Crippen LogP contribution in [-0.2, 0) is 4.79 Å². The molecular formula is C17H28N2O. The maximum absolute atomic E-state index is 12.5. The molecule has 3 heteroatoms. The van der Waals surface area contributed by atoms with Gasteiger partial charge in [0, 0.05) is 25.6 Å². The first kappa shape index (κ1) is 13.1. The van der Waals surface area contributed by atoms with Crippen molar-refractivity contribution >= 4 is 5.91 Å². The Hall–Kier alpha value is -0.570. The van der Waals surface area contributed by atoms with Crippen molar-refractivity contribution in [3.8, 4) is 0 Å². The number of likely N-dealkylation sites (tertiary alicyclic amines) is 2. The molecule has 3 unspecified atom stereocenters. The second-order valence-electron chi connectivity index (χ2n) is 7.64. The molecule has 0 N–H and O–H groups in total. The van der Waals surface area contributed by atoms with E-state index in [9.17, 15) is 4.79 Å². The topological polar surface area (TPSA) is 23.6 Å². The van der Waals surface area contributed by atoms with Gasteiger partial charge in [-0.3, -0.25) is 4.79 Å². The summed E-state index contributed by atoms with van der Waals surface area (Å²) < 4.78 is 0. The Labute approximate surface area is 122 Å². The van der Waals surface area contributed by atoms with Gasteiger partial charge in [-0.05, 0) is 69.4 Å². The Kier molecular flexibility index (Phi) is 3.49. The van der Waals surface area contributed by atoms with Crippen LogP contribution in [0.2, 0.25) is 0 Å². The number of hydrogen-bond donors (Lipinski definition) is 0. The van der Waals surface area contributed by atoms with Crippen molar-refractivity contribution in [1.29, 1.82) is 0 Å². The van der Waals surface area contributed by atoms with E-state index in [2.05, 4.69) is 9.80 Å². The van der Waals surface area contributed by atoms with E-state index in [1.54, 1.807) is 0 Å². The molecule has 3 atom stereocenters. The number of nitrogens with zero attached hydrogens (tertiary/aromatic N) is 2. The van der Waals surface area contributed by atoms with Gasteiger partial charge in [-0.25, -0.2) is 0 Å². The summed E-state index contributed by atoms with van der Waals surface area (Å²) in [6, 6.07) is 0.773. The van der Waals surface area contributed by atoms with Gasteiger partial charge in [0.05, 0.1) is 0 Å². The third-order valence-electron chi connectivity index (χ3n) is 6.55. The lowest BCUT2D eigenvalue weighted by atomic mass is 9.86. The first-order chi connectivity index (χ1) is 9.79. The standard InChI is InChI=1S/C17H28N2O/c20-17(12-15-11-13-2-3-14(15)10-13)19-8-4-16(5-9-19)18-6-1-7-18/h13-16H,1-12H2. The first-order valence-corrected chi connectivity index (χ1v) is 8.81. The fourth-order valence-corrected chi connectivity index (χ4v) is 5.17. The van der Waals surface area contributed by atoms with Gasteiger partial charge in [-0.15, -0.1) is 0 Å². The summed E-state index contributed by atoms with van der Waals surface area (Å²) in [5, 5.41) is 0. The normalized spacial score (nSPS) is 38.2. The molecule has 1 amide bonds. The van der Waals surface area contributed by atoms with E-state index in [0.717, 1.165) is 43.3 Å². The number of carbonyl (C=O) groups is 1. The molecule has 4 rings (SSSR count). The van der Waals surface area contributed by atoms with Gasteiger partial charge in [-0.2, -0.15) is 0 Å². The fourth-order valence-electron chi connectivity index (χ4n) is 5.17. The van der Waals surface area contributed by atoms with Crippen molar-refractivity contribution in [1.82, 2.24) is 9.80 Å². The lowest BCUT2D eigenvalue weighted by Gasteiger charge is -2.43. The minimum absolute atomic E-state index is 0.463. The predicted molar refractivity (Wildman–Crippen MR) is 79.3 cm³/mol. The van der Waals surface area contributed by atoms with Crippen molar-refractivity contribution in [3.05, 3.63) is 0 Å². The van der Waals surface area contributed by atoms with Gasteiger partial charge in [0.15, 0.2) is 0 Å². The van der Waals surface area contributed by atoms with E-state index in [-0.39, 0.29) is 0 Å². The largest absolute Gasteiger partial charge is 0.343 e. The average molecular weight is 276 g/mol.